The highest BCUT2D eigenvalue weighted by Crippen LogP contribution is 2.19. The van der Waals surface area contributed by atoms with Gasteiger partial charge in [-0.25, -0.2) is 4.98 Å². The normalized spacial score (nSPS) is 10.7. The van der Waals surface area contributed by atoms with Crippen LogP contribution in [0, 0.1) is 11.3 Å². The monoisotopic (exact) mass is 190 g/mol. The molecule has 1 rings (SSSR count). The number of hydrogen-bond donors (Lipinski definition) is 2. The minimum atomic E-state index is -0.0880. The van der Waals surface area contributed by atoms with Crippen LogP contribution in [0.25, 0.3) is 0 Å². The van der Waals surface area contributed by atoms with Gasteiger partial charge in [-0.3, -0.25) is 0 Å². The first-order valence-corrected chi connectivity index (χ1v) is 4.36. The minimum absolute atomic E-state index is 0.0880. The number of rotatable bonds is 1. The van der Waals surface area contributed by atoms with Crippen molar-refractivity contribution in [2.45, 2.75) is 26.3 Å². The molecule has 14 heavy (non-hydrogen) atoms. The van der Waals surface area contributed by atoms with E-state index in [1.807, 2.05) is 26.8 Å². The minimum Gasteiger partial charge on any atom is -0.396 e. The van der Waals surface area contributed by atoms with E-state index in [4.69, 9.17) is 11.0 Å². The number of nitrogens with one attached hydrogen (secondary N) is 1. The lowest BCUT2D eigenvalue weighted by Gasteiger charge is -2.22. The quantitative estimate of drug-likeness (QED) is 0.707. The number of hydrogen-bond acceptors (Lipinski definition) is 4. The predicted octanol–water partition coefficient (Wildman–Crippen LogP) is 1.75. The second-order valence-corrected chi connectivity index (χ2v) is 4.15. The van der Waals surface area contributed by atoms with Gasteiger partial charge in [0.15, 0.2) is 0 Å². The number of anilines is 2. The lowest BCUT2D eigenvalue weighted by molar-refractivity contribution is 0.631. The van der Waals surface area contributed by atoms with Crippen molar-refractivity contribution in [1.29, 1.82) is 5.26 Å². The maximum Gasteiger partial charge on any atom is 0.149 e. The highest BCUT2D eigenvalue weighted by atomic mass is 15.1. The summed E-state index contributed by atoms with van der Waals surface area (Å²) in [5.41, 5.74) is 6.61. The Morgan fingerprint density at radius 2 is 2.14 bits per heavy atom. The van der Waals surface area contributed by atoms with E-state index >= 15 is 0 Å². The van der Waals surface area contributed by atoms with Crippen molar-refractivity contribution in [3.8, 4) is 6.07 Å². The summed E-state index contributed by atoms with van der Waals surface area (Å²) in [4.78, 5) is 4.08. The SMILES string of the molecule is CC(C)(C)Nc1ncc(C#N)cc1N. The van der Waals surface area contributed by atoms with Crippen LogP contribution in [0.5, 0.6) is 0 Å². The van der Waals surface area contributed by atoms with E-state index in [0.29, 0.717) is 17.1 Å². The molecule has 0 bridgehead atoms. The molecule has 4 heteroatoms. The third-order valence-corrected chi connectivity index (χ3v) is 1.54. The lowest BCUT2D eigenvalue weighted by atomic mass is 10.1. The van der Waals surface area contributed by atoms with Crippen molar-refractivity contribution in [1.82, 2.24) is 4.98 Å². The Morgan fingerprint density at radius 3 is 2.57 bits per heavy atom. The Kier molecular flexibility index (Phi) is 2.61. The number of pyridine rings is 1. The number of aromatic nitrogens is 1. The first-order valence-electron chi connectivity index (χ1n) is 4.36. The molecule has 1 heterocycles. The summed E-state index contributed by atoms with van der Waals surface area (Å²) >= 11 is 0. The summed E-state index contributed by atoms with van der Waals surface area (Å²) in [6, 6.07) is 3.60. The highest BCUT2D eigenvalue weighted by Gasteiger charge is 2.12. The van der Waals surface area contributed by atoms with Crippen LogP contribution in [0.4, 0.5) is 11.5 Å². The lowest BCUT2D eigenvalue weighted by Crippen LogP contribution is -2.27. The summed E-state index contributed by atoms with van der Waals surface area (Å²) in [7, 11) is 0. The molecule has 1 aromatic rings. The Labute approximate surface area is 83.8 Å². The summed E-state index contributed by atoms with van der Waals surface area (Å²) in [5, 5.41) is 11.8. The van der Waals surface area contributed by atoms with Gasteiger partial charge in [0.1, 0.15) is 11.9 Å². The van der Waals surface area contributed by atoms with Crippen molar-refractivity contribution in [3.05, 3.63) is 17.8 Å². The van der Waals surface area contributed by atoms with Crippen LogP contribution in [0.3, 0.4) is 0 Å². The van der Waals surface area contributed by atoms with E-state index in [0.717, 1.165) is 0 Å². The van der Waals surface area contributed by atoms with Gasteiger partial charge in [-0.15, -0.1) is 0 Å². The Hall–Kier alpha value is -1.76. The third-order valence-electron chi connectivity index (χ3n) is 1.54. The van der Waals surface area contributed by atoms with Gasteiger partial charge in [-0.1, -0.05) is 0 Å². The first kappa shape index (κ1) is 10.3. The average Bonchev–Trinajstić information content (AvgIpc) is 2.06. The van der Waals surface area contributed by atoms with Gasteiger partial charge in [-0.05, 0) is 26.8 Å². The van der Waals surface area contributed by atoms with E-state index in [1.165, 1.54) is 6.20 Å². The molecule has 0 saturated heterocycles. The molecule has 0 fully saturated rings. The zero-order valence-corrected chi connectivity index (χ0v) is 8.63. The first-order chi connectivity index (χ1) is 6.42. The van der Waals surface area contributed by atoms with Gasteiger partial charge >= 0.3 is 0 Å². The van der Waals surface area contributed by atoms with Gasteiger partial charge in [0.05, 0.1) is 11.3 Å². The summed E-state index contributed by atoms with van der Waals surface area (Å²) in [6.45, 7) is 6.06. The zero-order chi connectivity index (χ0) is 10.8. The largest absolute Gasteiger partial charge is 0.396 e. The molecule has 3 N–H and O–H groups in total. The summed E-state index contributed by atoms with van der Waals surface area (Å²) < 4.78 is 0. The molecule has 0 aliphatic carbocycles. The van der Waals surface area contributed by atoms with E-state index in [9.17, 15) is 0 Å². The van der Waals surface area contributed by atoms with Crippen LogP contribution in [0.2, 0.25) is 0 Å². The van der Waals surface area contributed by atoms with Gasteiger partial charge < -0.3 is 11.1 Å². The second-order valence-electron chi connectivity index (χ2n) is 4.15. The van der Waals surface area contributed by atoms with Gasteiger partial charge in [0.25, 0.3) is 0 Å². The van der Waals surface area contributed by atoms with Crippen molar-refractivity contribution >= 4 is 11.5 Å². The molecular formula is C10H14N4. The molecule has 74 valence electrons. The highest BCUT2D eigenvalue weighted by molar-refractivity contribution is 5.63. The number of nitriles is 1. The zero-order valence-electron chi connectivity index (χ0n) is 8.63. The molecule has 0 radical (unpaired) electrons. The second kappa shape index (κ2) is 3.54. The average molecular weight is 190 g/mol. The van der Waals surface area contributed by atoms with Gasteiger partial charge in [-0.2, -0.15) is 5.26 Å². The van der Waals surface area contributed by atoms with Crippen LogP contribution in [-0.2, 0) is 0 Å². The fourth-order valence-electron chi connectivity index (χ4n) is 1.00. The summed E-state index contributed by atoms with van der Waals surface area (Å²) in [6.07, 6.45) is 1.50. The number of nitrogen functional groups attached to an aromatic ring is 1. The number of nitrogens with zero attached hydrogens (tertiary/aromatic N) is 2. The fourth-order valence-corrected chi connectivity index (χ4v) is 1.00. The van der Waals surface area contributed by atoms with Crippen LogP contribution in [-0.4, -0.2) is 10.5 Å². The van der Waals surface area contributed by atoms with E-state index in [2.05, 4.69) is 10.3 Å². The Balaban J connectivity index is 2.97. The van der Waals surface area contributed by atoms with Crippen molar-refractivity contribution < 1.29 is 0 Å². The van der Waals surface area contributed by atoms with Gasteiger partial charge in [0.2, 0.25) is 0 Å². The Bertz CT molecular complexity index is 371. The maximum atomic E-state index is 8.62. The standard InChI is InChI=1S/C10H14N4/c1-10(2,3)14-9-8(12)4-7(5-11)6-13-9/h4,6H,12H2,1-3H3,(H,13,14). The van der Waals surface area contributed by atoms with Crippen LogP contribution < -0.4 is 11.1 Å². The molecule has 0 unspecified atom stereocenters. The van der Waals surface area contributed by atoms with Gasteiger partial charge in [0, 0.05) is 11.7 Å². The smallest absolute Gasteiger partial charge is 0.149 e. The predicted molar refractivity (Wildman–Crippen MR) is 56.7 cm³/mol. The van der Waals surface area contributed by atoms with E-state index in [1.54, 1.807) is 6.07 Å². The molecule has 0 aromatic carbocycles. The van der Waals surface area contributed by atoms with E-state index in [-0.39, 0.29) is 5.54 Å². The molecule has 0 aliphatic rings. The van der Waals surface area contributed by atoms with E-state index < -0.39 is 0 Å². The molecule has 0 aliphatic heterocycles. The molecular weight excluding hydrogens is 176 g/mol. The Morgan fingerprint density at radius 1 is 1.50 bits per heavy atom. The maximum absolute atomic E-state index is 8.62. The topological polar surface area (TPSA) is 74.7 Å². The molecule has 0 amide bonds. The van der Waals surface area contributed by atoms with Crippen molar-refractivity contribution in [3.63, 3.8) is 0 Å². The number of nitrogens with two attached hydrogens (primary N) is 1. The third kappa shape index (κ3) is 2.63. The van der Waals surface area contributed by atoms with Crippen LogP contribution in [0.15, 0.2) is 12.3 Å². The van der Waals surface area contributed by atoms with Crippen molar-refractivity contribution in [2.24, 2.45) is 0 Å². The molecule has 0 saturated carbocycles. The van der Waals surface area contributed by atoms with Crippen LogP contribution >= 0.6 is 0 Å². The van der Waals surface area contributed by atoms with Crippen LogP contribution in [0.1, 0.15) is 26.3 Å². The summed E-state index contributed by atoms with van der Waals surface area (Å²) in [5.74, 6) is 0.622. The van der Waals surface area contributed by atoms with Crippen molar-refractivity contribution in [2.75, 3.05) is 11.1 Å². The fraction of sp³-hybridized carbons (Fsp3) is 0.400. The molecule has 0 spiro atoms. The molecule has 1 aromatic heterocycles. The molecule has 0 atom stereocenters. The molecule has 4 nitrogen and oxygen atoms in total.